The highest BCUT2D eigenvalue weighted by Crippen LogP contribution is 2.28. The summed E-state index contributed by atoms with van der Waals surface area (Å²) < 4.78 is 34.9. The number of carbonyl (C=O) groups is 2. The first-order chi connectivity index (χ1) is 20.4. The lowest BCUT2D eigenvalue weighted by Gasteiger charge is -2.33. The zero-order valence-corrected chi connectivity index (χ0v) is 25.6. The van der Waals surface area contributed by atoms with Gasteiger partial charge in [0.25, 0.3) is 10.0 Å². The number of nitrogens with one attached hydrogen (secondary N) is 1. The molecular formula is C34H37N3O5S. The van der Waals surface area contributed by atoms with Gasteiger partial charge in [-0.05, 0) is 81.8 Å². The van der Waals surface area contributed by atoms with Gasteiger partial charge >= 0.3 is 0 Å². The van der Waals surface area contributed by atoms with Crippen LogP contribution in [0.25, 0.3) is 0 Å². The molecular weight excluding hydrogens is 562 g/mol. The molecule has 1 N–H and O–H groups in total. The summed E-state index contributed by atoms with van der Waals surface area (Å²) in [6, 6.07) is 32.1. The molecule has 43 heavy (non-hydrogen) atoms. The van der Waals surface area contributed by atoms with Gasteiger partial charge in [-0.1, -0.05) is 66.7 Å². The zero-order chi connectivity index (χ0) is 31.0. The molecule has 0 aliphatic rings. The number of sulfonamides is 1. The van der Waals surface area contributed by atoms with E-state index in [0.717, 1.165) is 9.87 Å². The van der Waals surface area contributed by atoms with Crippen LogP contribution in [0.2, 0.25) is 0 Å². The van der Waals surface area contributed by atoms with E-state index in [0.29, 0.717) is 11.5 Å². The highest BCUT2D eigenvalue weighted by Gasteiger charge is 2.33. The fraction of sp³-hybridized carbons (Fsp3) is 0.235. The lowest BCUT2D eigenvalue weighted by Crippen LogP contribution is -2.54. The third kappa shape index (κ3) is 8.45. The largest absolute Gasteiger partial charge is 0.457 e. The molecule has 0 aliphatic carbocycles. The molecule has 0 aromatic heterocycles. The number of amides is 2. The Labute approximate surface area is 254 Å². The first kappa shape index (κ1) is 31.3. The summed E-state index contributed by atoms with van der Waals surface area (Å²) in [5.74, 6) is 0.288. The van der Waals surface area contributed by atoms with E-state index in [-0.39, 0.29) is 23.0 Å². The Bertz CT molecular complexity index is 1610. The van der Waals surface area contributed by atoms with Crippen LogP contribution in [0.15, 0.2) is 120 Å². The van der Waals surface area contributed by atoms with Crippen LogP contribution >= 0.6 is 0 Å². The van der Waals surface area contributed by atoms with Crippen molar-refractivity contribution in [1.82, 2.24) is 10.2 Å². The van der Waals surface area contributed by atoms with Gasteiger partial charge in [-0.15, -0.1) is 0 Å². The Morgan fingerprint density at radius 1 is 0.767 bits per heavy atom. The lowest BCUT2D eigenvalue weighted by atomic mass is 10.1. The van der Waals surface area contributed by atoms with Crippen molar-refractivity contribution in [2.75, 3.05) is 10.8 Å². The van der Waals surface area contributed by atoms with E-state index in [1.165, 1.54) is 17.0 Å². The third-order valence-corrected chi connectivity index (χ3v) is 8.36. The Kier molecular flexibility index (Phi) is 9.88. The van der Waals surface area contributed by atoms with E-state index in [1.54, 1.807) is 49.4 Å². The smallest absolute Gasteiger partial charge is 0.264 e. The van der Waals surface area contributed by atoms with E-state index in [9.17, 15) is 18.0 Å². The molecule has 1 atom stereocenters. The second kappa shape index (κ2) is 13.6. The number of anilines is 1. The predicted octanol–water partition coefficient (Wildman–Crippen LogP) is 6.01. The highest BCUT2D eigenvalue weighted by atomic mass is 32.2. The van der Waals surface area contributed by atoms with Crippen LogP contribution in [0.3, 0.4) is 0 Å². The first-order valence-corrected chi connectivity index (χ1v) is 15.4. The van der Waals surface area contributed by atoms with Crippen LogP contribution in [-0.2, 0) is 26.2 Å². The molecule has 0 aliphatic heterocycles. The monoisotopic (exact) mass is 599 g/mol. The maximum atomic E-state index is 14.0. The van der Waals surface area contributed by atoms with Crippen molar-refractivity contribution in [3.05, 3.63) is 121 Å². The lowest BCUT2D eigenvalue weighted by molar-refractivity contribution is -0.140. The molecule has 0 bridgehead atoms. The molecule has 0 unspecified atom stereocenters. The summed E-state index contributed by atoms with van der Waals surface area (Å²) >= 11 is 0. The molecule has 0 saturated heterocycles. The summed E-state index contributed by atoms with van der Waals surface area (Å²) in [6.45, 7) is 6.84. The Morgan fingerprint density at radius 2 is 1.28 bits per heavy atom. The van der Waals surface area contributed by atoms with E-state index < -0.39 is 34.1 Å². The summed E-state index contributed by atoms with van der Waals surface area (Å²) in [4.78, 5) is 28.7. The Hall–Kier alpha value is -4.63. The minimum absolute atomic E-state index is 0.0422. The standard InChI is InChI=1S/C34H37N3O5S/c1-26(33(39)35-34(2,3)4)36(24-27-14-8-5-9-15-27)32(38)25-37(43(40,41)31-18-12-7-13-19-31)28-20-22-30(23-21-28)42-29-16-10-6-11-17-29/h5-23,26H,24-25H2,1-4H3,(H,35,39)/t26-/m0/s1. The minimum atomic E-state index is -4.16. The van der Waals surface area contributed by atoms with Gasteiger partial charge in [-0.3, -0.25) is 13.9 Å². The molecule has 0 spiro atoms. The second-order valence-corrected chi connectivity index (χ2v) is 13.0. The maximum absolute atomic E-state index is 14.0. The topological polar surface area (TPSA) is 96.0 Å². The van der Waals surface area contributed by atoms with E-state index in [1.807, 2.05) is 81.4 Å². The molecule has 0 fully saturated rings. The van der Waals surface area contributed by atoms with Crippen molar-refractivity contribution in [2.24, 2.45) is 0 Å². The number of carbonyl (C=O) groups excluding carboxylic acids is 2. The molecule has 4 aromatic rings. The Balaban J connectivity index is 1.69. The van der Waals surface area contributed by atoms with Gasteiger partial charge < -0.3 is 15.0 Å². The number of para-hydroxylation sites is 1. The summed E-state index contributed by atoms with van der Waals surface area (Å²) in [5, 5.41) is 2.93. The number of ether oxygens (including phenoxy) is 1. The van der Waals surface area contributed by atoms with Gasteiger partial charge in [0.1, 0.15) is 24.1 Å². The number of hydrogen-bond acceptors (Lipinski definition) is 5. The van der Waals surface area contributed by atoms with E-state index >= 15 is 0 Å². The third-order valence-electron chi connectivity index (χ3n) is 6.57. The van der Waals surface area contributed by atoms with Gasteiger partial charge in [0.2, 0.25) is 11.8 Å². The highest BCUT2D eigenvalue weighted by molar-refractivity contribution is 7.92. The van der Waals surface area contributed by atoms with Crippen LogP contribution in [0, 0.1) is 0 Å². The molecule has 0 saturated carbocycles. The predicted molar refractivity (Wildman–Crippen MR) is 168 cm³/mol. The second-order valence-electron chi connectivity index (χ2n) is 11.2. The van der Waals surface area contributed by atoms with Gasteiger partial charge in [0.05, 0.1) is 10.6 Å². The van der Waals surface area contributed by atoms with Crippen molar-refractivity contribution >= 4 is 27.5 Å². The van der Waals surface area contributed by atoms with E-state index in [4.69, 9.17) is 4.74 Å². The van der Waals surface area contributed by atoms with Crippen LogP contribution in [0.5, 0.6) is 11.5 Å². The number of hydrogen-bond donors (Lipinski definition) is 1. The van der Waals surface area contributed by atoms with Crippen LogP contribution in [0.4, 0.5) is 5.69 Å². The van der Waals surface area contributed by atoms with Crippen molar-refractivity contribution in [3.8, 4) is 11.5 Å². The minimum Gasteiger partial charge on any atom is -0.457 e. The normalized spacial score (nSPS) is 12.2. The molecule has 8 nitrogen and oxygen atoms in total. The molecule has 0 heterocycles. The van der Waals surface area contributed by atoms with Crippen LogP contribution < -0.4 is 14.4 Å². The quantitative estimate of drug-likeness (QED) is 0.228. The summed E-state index contributed by atoms with van der Waals surface area (Å²) in [7, 11) is -4.16. The zero-order valence-electron chi connectivity index (χ0n) is 24.8. The van der Waals surface area contributed by atoms with E-state index in [2.05, 4.69) is 5.32 Å². The SMILES string of the molecule is C[C@@H](C(=O)NC(C)(C)C)N(Cc1ccccc1)C(=O)CN(c1ccc(Oc2ccccc2)cc1)S(=O)(=O)c1ccccc1. The maximum Gasteiger partial charge on any atom is 0.264 e. The average molecular weight is 600 g/mol. The fourth-order valence-corrected chi connectivity index (χ4v) is 5.83. The number of benzene rings is 4. The van der Waals surface area contributed by atoms with Gasteiger partial charge in [0.15, 0.2) is 0 Å². The van der Waals surface area contributed by atoms with Crippen molar-refractivity contribution < 1.29 is 22.7 Å². The molecule has 9 heteroatoms. The number of nitrogens with zero attached hydrogens (tertiary/aromatic N) is 2. The summed E-state index contributed by atoms with van der Waals surface area (Å²) in [6.07, 6.45) is 0. The molecule has 224 valence electrons. The van der Waals surface area contributed by atoms with Crippen molar-refractivity contribution in [1.29, 1.82) is 0 Å². The van der Waals surface area contributed by atoms with Crippen molar-refractivity contribution in [3.63, 3.8) is 0 Å². The fourth-order valence-electron chi connectivity index (χ4n) is 4.39. The molecule has 4 rings (SSSR count). The number of rotatable bonds is 11. The van der Waals surface area contributed by atoms with Crippen LogP contribution in [0.1, 0.15) is 33.3 Å². The van der Waals surface area contributed by atoms with Gasteiger partial charge in [-0.25, -0.2) is 8.42 Å². The van der Waals surface area contributed by atoms with Crippen LogP contribution in [-0.4, -0.2) is 43.3 Å². The van der Waals surface area contributed by atoms with Gasteiger partial charge in [0, 0.05) is 12.1 Å². The molecule has 0 radical (unpaired) electrons. The Morgan fingerprint density at radius 3 is 1.84 bits per heavy atom. The molecule has 2 amide bonds. The average Bonchev–Trinajstić information content (AvgIpc) is 2.99. The van der Waals surface area contributed by atoms with Gasteiger partial charge in [-0.2, -0.15) is 0 Å². The molecule has 4 aromatic carbocycles. The van der Waals surface area contributed by atoms with Crippen molar-refractivity contribution in [2.45, 2.75) is 50.7 Å². The summed E-state index contributed by atoms with van der Waals surface area (Å²) in [5.41, 5.74) is 0.578. The first-order valence-electron chi connectivity index (χ1n) is 14.0.